The molecule has 2 heterocycles. The molecule has 10 heteroatoms. The SMILES string of the molecule is COc1cccc2[nH]c(C(=O)N[C@@H](CC(C)C)C(=O)N[C@@H](C[C@@H]3CCNC3=O)C(O)C#N)cc12. The lowest BCUT2D eigenvalue weighted by Crippen LogP contribution is -2.53. The number of carbonyl (C=O) groups excluding carboxylic acids is 3. The maximum Gasteiger partial charge on any atom is 0.268 e. The van der Waals surface area contributed by atoms with Gasteiger partial charge in [-0.3, -0.25) is 14.4 Å². The summed E-state index contributed by atoms with van der Waals surface area (Å²) in [7, 11) is 1.55. The van der Waals surface area contributed by atoms with Crippen LogP contribution < -0.4 is 20.7 Å². The second-order valence-corrected chi connectivity index (χ2v) is 8.96. The summed E-state index contributed by atoms with van der Waals surface area (Å²) in [6.07, 6.45) is -0.426. The van der Waals surface area contributed by atoms with Crippen LogP contribution in [0.15, 0.2) is 24.3 Å². The number of aromatic amines is 1. The van der Waals surface area contributed by atoms with Crippen molar-refractivity contribution in [3.63, 3.8) is 0 Å². The highest BCUT2D eigenvalue weighted by molar-refractivity contribution is 6.01. The van der Waals surface area contributed by atoms with E-state index in [2.05, 4.69) is 20.9 Å². The summed E-state index contributed by atoms with van der Waals surface area (Å²) in [5.41, 5.74) is 0.999. The molecule has 1 aliphatic rings. The Morgan fingerprint density at radius 3 is 2.71 bits per heavy atom. The third kappa shape index (κ3) is 5.85. The van der Waals surface area contributed by atoms with Crippen LogP contribution in [0, 0.1) is 23.2 Å². The third-order valence-corrected chi connectivity index (χ3v) is 5.96. The number of methoxy groups -OCH3 is 1. The molecular weight excluding hydrogens is 438 g/mol. The fourth-order valence-electron chi connectivity index (χ4n) is 4.18. The predicted molar refractivity (Wildman–Crippen MR) is 125 cm³/mol. The molecule has 0 saturated carbocycles. The molecular formula is C24H31N5O5. The van der Waals surface area contributed by atoms with Gasteiger partial charge in [0.25, 0.3) is 5.91 Å². The molecule has 0 aliphatic carbocycles. The van der Waals surface area contributed by atoms with Crippen LogP contribution in [-0.4, -0.2) is 59.7 Å². The number of carbonyl (C=O) groups is 3. The molecule has 4 atom stereocenters. The van der Waals surface area contributed by atoms with Gasteiger partial charge in [-0.15, -0.1) is 0 Å². The zero-order valence-electron chi connectivity index (χ0n) is 19.6. The van der Waals surface area contributed by atoms with Crippen LogP contribution >= 0.6 is 0 Å². The Morgan fingerprint density at radius 2 is 2.09 bits per heavy atom. The van der Waals surface area contributed by atoms with Crippen molar-refractivity contribution in [3.8, 4) is 11.8 Å². The minimum absolute atomic E-state index is 0.0822. The zero-order chi connectivity index (χ0) is 24.8. The first-order valence-electron chi connectivity index (χ1n) is 11.4. The number of amides is 3. The van der Waals surface area contributed by atoms with E-state index in [1.54, 1.807) is 31.4 Å². The number of hydrogen-bond acceptors (Lipinski definition) is 6. The van der Waals surface area contributed by atoms with Gasteiger partial charge in [-0.25, -0.2) is 0 Å². The number of ether oxygens (including phenoxy) is 1. The van der Waals surface area contributed by atoms with Crippen molar-refractivity contribution in [1.29, 1.82) is 5.26 Å². The van der Waals surface area contributed by atoms with Crippen molar-refractivity contribution in [2.24, 2.45) is 11.8 Å². The molecule has 0 radical (unpaired) electrons. The molecule has 1 aromatic heterocycles. The molecule has 5 N–H and O–H groups in total. The van der Waals surface area contributed by atoms with Crippen LogP contribution in [-0.2, 0) is 9.59 Å². The van der Waals surface area contributed by atoms with Crippen molar-refractivity contribution >= 4 is 28.6 Å². The molecule has 1 fully saturated rings. The standard InChI is InChI=1S/C24H31N5O5/c1-13(2)9-18(23(32)28-17(20(30)12-25)10-14-7-8-26-22(14)31)29-24(33)19-11-15-16(27-19)5-4-6-21(15)34-3/h4-6,11,13-14,17-18,20,27,30H,7-10H2,1-3H3,(H,26,31)(H,28,32)(H,29,33)/t14-,17-,18-,20?/m0/s1. The van der Waals surface area contributed by atoms with E-state index < -0.39 is 35.9 Å². The van der Waals surface area contributed by atoms with Gasteiger partial charge in [0, 0.05) is 23.4 Å². The molecule has 182 valence electrons. The number of H-pyrrole nitrogens is 1. The molecule has 1 saturated heterocycles. The van der Waals surface area contributed by atoms with Gasteiger partial charge in [-0.05, 0) is 43.4 Å². The average Bonchev–Trinajstić information content (AvgIpc) is 3.43. The number of nitrogens with one attached hydrogen (secondary N) is 4. The summed E-state index contributed by atoms with van der Waals surface area (Å²) in [5, 5.41) is 28.3. The molecule has 0 bridgehead atoms. The Hall–Kier alpha value is -3.58. The van der Waals surface area contributed by atoms with Crippen LogP contribution in [0.3, 0.4) is 0 Å². The first kappa shape index (κ1) is 25.1. The first-order valence-corrected chi connectivity index (χ1v) is 11.4. The second-order valence-electron chi connectivity index (χ2n) is 8.96. The third-order valence-electron chi connectivity index (χ3n) is 5.96. The minimum atomic E-state index is -1.48. The van der Waals surface area contributed by atoms with Gasteiger partial charge in [0.1, 0.15) is 17.5 Å². The second kappa shape index (κ2) is 11.0. The van der Waals surface area contributed by atoms with Crippen LogP contribution in [0.2, 0.25) is 0 Å². The molecule has 1 aromatic carbocycles. The van der Waals surface area contributed by atoms with Gasteiger partial charge in [-0.1, -0.05) is 19.9 Å². The number of hydrogen-bond donors (Lipinski definition) is 5. The van der Waals surface area contributed by atoms with Crippen molar-refractivity contribution < 1.29 is 24.2 Å². The van der Waals surface area contributed by atoms with Gasteiger partial charge in [-0.2, -0.15) is 5.26 Å². The quantitative estimate of drug-likeness (QED) is 0.329. The molecule has 3 rings (SSSR count). The maximum absolute atomic E-state index is 13.1. The van der Waals surface area contributed by atoms with Gasteiger partial charge in [0.05, 0.1) is 19.2 Å². The summed E-state index contributed by atoms with van der Waals surface area (Å²) in [4.78, 5) is 41.1. The number of nitrogens with zero attached hydrogens (tertiary/aromatic N) is 1. The fraction of sp³-hybridized carbons (Fsp3) is 0.500. The molecule has 10 nitrogen and oxygen atoms in total. The van der Waals surface area contributed by atoms with Crippen LogP contribution in [0.4, 0.5) is 0 Å². The van der Waals surface area contributed by atoms with Gasteiger partial charge < -0.3 is 30.8 Å². The van der Waals surface area contributed by atoms with E-state index >= 15 is 0 Å². The predicted octanol–water partition coefficient (Wildman–Crippen LogP) is 1.22. The summed E-state index contributed by atoms with van der Waals surface area (Å²) >= 11 is 0. The number of nitriles is 1. The largest absolute Gasteiger partial charge is 0.496 e. The van der Waals surface area contributed by atoms with E-state index in [4.69, 9.17) is 4.74 Å². The highest BCUT2D eigenvalue weighted by Crippen LogP contribution is 2.26. The lowest BCUT2D eigenvalue weighted by atomic mass is 9.94. The van der Waals surface area contributed by atoms with Gasteiger partial charge >= 0.3 is 0 Å². The maximum atomic E-state index is 13.1. The van der Waals surface area contributed by atoms with Crippen LogP contribution in [0.25, 0.3) is 10.9 Å². The topological polar surface area (TPSA) is 156 Å². The normalized spacial score (nSPS) is 18.1. The lowest BCUT2D eigenvalue weighted by molar-refractivity contribution is -0.126. The minimum Gasteiger partial charge on any atom is -0.496 e. The molecule has 1 aliphatic heterocycles. The summed E-state index contributed by atoms with van der Waals surface area (Å²) in [6, 6.07) is 6.98. The number of aromatic nitrogens is 1. The number of aliphatic hydroxyl groups is 1. The van der Waals surface area contributed by atoms with Crippen molar-refractivity contribution in [1.82, 2.24) is 20.9 Å². The van der Waals surface area contributed by atoms with E-state index in [9.17, 15) is 24.8 Å². The monoisotopic (exact) mass is 469 g/mol. The van der Waals surface area contributed by atoms with Gasteiger partial charge in [0.2, 0.25) is 11.8 Å². The highest BCUT2D eigenvalue weighted by atomic mass is 16.5. The van der Waals surface area contributed by atoms with Crippen molar-refractivity contribution in [2.45, 2.75) is 51.3 Å². The smallest absolute Gasteiger partial charge is 0.268 e. The molecule has 2 aromatic rings. The summed E-state index contributed by atoms with van der Waals surface area (Å²) < 4.78 is 5.34. The van der Waals surface area contributed by atoms with Crippen molar-refractivity contribution in [2.75, 3.05) is 13.7 Å². The summed E-state index contributed by atoms with van der Waals surface area (Å²) in [6.45, 7) is 4.36. The highest BCUT2D eigenvalue weighted by Gasteiger charge is 2.33. The van der Waals surface area contributed by atoms with E-state index in [-0.39, 0.29) is 23.9 Å². The van der Waals surface area contributed by atoms with Crippen LogP contribution in [0.1, 0.15) is 43.6 Å². The van der Waals surface area contributed by atoms with E-state index in [1.165, 1.54) is 0 Å². The Morgan fingerprint density at radius 1 is 1.32 bits per heavy atom. The zero-order valence-corrected chi connectivity index (χ0v) is 19.6. The van der Waals surface area contributed by atoms with Crippen molar-refractivity contribution in [3.05, 3.63) is 30.0 Å². The lowest BCUT2D eigenvalue weighted by Gasteiger charge is -2.26. The first-order chi connectivity index (χ1) is 16.2. The fourth-order valence-corrected chi connectivity index (χ4v) is 4.18. The number of benzene rings is 1. The Labute approximate surface area is 198 Å². The van der Waals surface area contributed by atoms with E-state index in [0.29, 0.717) is 25.1 Å². The number of fused-ring (bicyclic) bond motifs is 1. The number of aliphatic hydroxyl groups excluding tert-OH is 1. The van der Waals surface area contributed by atoms with E-state index in [1.807, 2.05) is 19.9 Å². The molecule has 3 amide bonds. The Bertz CT molecular complexity index is 1090. The summed E-state index contributed by atoms with van der Waals surface area (Å²) in [5.74, 6) is -0.842. The van der Waals surface area contributed by atoms with E-state index in [0.717, 1.165) is 10.9 Å². The average molecular weight is 470 g/mol. The Balaban J connectivity index is 1.75. The molecule has 0 spiro atoms. The Kier molecular flexibility index (Phi) is 8.12. The van der Waals surface area contributed by atoms with Crippen LogP contribution in [0.5, 0.6) is 5.75 Å². The molecule has 34 heavy (non-hydrogen) atoms. The van der Waals surface area contributed by atoms with Gasteiger partial charge in [0.15, 0.2) is 6.10 Å². The number of rotatable bonds is 10. The molecule has 1 unspecified atom stereocenters.